The lowest BCUT2D eigenvalue weighted by Crippen LogP contribution is -2.31. The maximum atomic E-state index is 12.3. The minimum absolute atomic E-state index is 0.0576. The molecule has 2 rings (SSSR count). The summed E-state index contributed by atoms with van der Waals surface area (Å²) in [6, 6.07) is 1.88. The van der Waals surface area contributed by atoms with Gasteiger partial charge in [-0.15, -0.1) is 11.3 Å². The Kier molecular flexibility index (Phi) is 3.91. The predicted molar refractivity (Wildman–Crippen MR) is 69.4 cm³/mol. The normalized spacial score (nSPS) is 12.3. The van der Waals surface area contributed by atoms with Crippen molar-refractivity contribution in [3.8, 4) is 0 Å². The van der Waals surface area contributed by atoms with Gasteiger partial charge < -0.3 is 5.32 Å². The second kappa shape index (κ2) is 5.30. The fourth-order valence-corrected chi connectivity index (χ4v) is 2.55. The third kappa shape index (κ3) is 3.54. The van der Waals surface area contributed by atoms with Crippen LogP contribution in [0.4, 0.5) is 19.0 Å². The summed E-state index contributed by atoms with van der Waals surface area (Å²) < 4.78 is 36.8. The van der Waals surface area contributed by atoms with Crippen LogP contribution in [-0.4, -0.2) is 41.7 Å². The molecule has 0 saturated carbocycles. The highest BCUT2D eigenvalue weighted by molar-refractivity contribution is 7.16. The molecule has 8 heteroatoms. The Bertz CT molecular complexity index is 567. The number of hydrogen-bond acceptors (Lipinski definition) is 5. The van der Waals surface area contributed by atoms with Crippen LogP contribution in [-0.2, 0) is 6.54 Å². The molecule has 0 atom stereocenters. The highest BCUT2D eigenvalue weighted by Gasteiger charge is 2.29. The SMILES string of the molecule is CNc1nc(CN(C)CC(F)(F)F)nc2sccc12. The molecule has 0 amide bonds. The van der Waals surface area contributed by atoms with E-state index in [1.165, 1.54) is 18.4 Å². The van der Waals surface area contributed by atoms with Crippen molar-refractivity contribution in [1.29, 1.82) is 0 Å². The average molecular weight is 290 g/mol. The van der Waals surface area contributed by atoms with Gasteiger partial charge in [-0.3, -0.25) is 4.90 Å². The number of halogens is 3. The summed E-state index contributed by atoms with van der Waals surface area (Å²) in [5.41, 5.74) is 0. The fourth-order valence-electron chi connectivity index (χ4n) is 1.76. The van der Waals surface area contributed by atoms with E-state index in [1.54, 1.807) is 7.05 Å². The molecule has 0 aliphatic carbocycles. The van der Waals surface area contributed by atoms with Crippen molar-refractivity contribution in [2.24, 2.45) is 0 Å². The van der Waals surface area contributed by atoms with E-state index in [4.69, 9.17) is 0 Å². The van der Waals surface area contributed by atoms with Gasteiger partial charge in [0.15, 0.2) is 0 Å². The number of hydrogen-bond donors (Lipinski definition) is 1. The molecule has 0 aromatic carbocycles. The summed E-state index contributed by atoms with van der Waals surface area (Å²) >= 11 is 1.44. The van der Waals surface area contributed by atoms with E-state index in [1.807, 2.05) is 11.4 Å². The van der Waals surface area contributed by atoms with Crippen LogP contribution >= 0.6 is 11.3 Å². The third-order valence-electron chi connectivity index (χ3n) is 2.47. The van der Waals surface area contributed by atoms with Crippen LogP contribution < -0.4 is 5.32 Å². The van der Waals surface area contributed by atoms with Crippen molar-refractivity contribution in [2.75, 3.05) is 26.0 Å². The molecule has 104 valence electrons. The molecular weight excluding hydrogens is 277 g/mol. The largest absolute Gasteiger partial charge is 0.401 e. The van der Waals surface area contributed by atoms with Gasteiger partial charge in [0.05, 0.1) is 18.5 Å². The van der Waals surface area contributed by atoms with Crippen molar-refractivity contribution in [1.82, 2.24) is 14.9 Å². The van der Waals surface area contributed by atoms with Gasteiger partial charge in [0, 0.05) is 7.05 Å². The van der Waals surface area contributed by atoms with Gasteiger partial charge >= 0.3 is 6.18 Å². The zero-order chi connectivity index (χ0) is 14.0. The first-order valence-corrected chi connectivity index (χ1v) is 6.44. The number of thiophene rings is 1. The van der Waals surface area contributed by atoms with Gasteiger partial charge in [-0.05, 0) is 18.5 Å². The average Bonchev–Trinajstić information content (AvgIpc) is 2.73. The minimum atomic E-state index is -4.21. The summed E-state index contributed by atoms with van der Waals surface area (Å²) in [6.07, 6.45) is -4.21. The molecule has 0 radical (unpaired) electrons. The van der Waals surface area contributed by atoms with Gasteiger partial charge in [-0.1, -0.05) is 0 Å². The number of anilines is 1. The molecular formula is C11H13F3N4S. The minimum Gasteiger partial charge on any atom is -0.372 e. The van der Waals surface area contributed by atoms with Crippen LogP contribution in [0.3, 0.4) is 0 Å². The molecule has 4 nitrogen and oxygen atoms in total. The molecule has 2 aromatic heterocycles. The van der Waals surface area contributed by atoms with E-state index in [-0.39, 0.29) is 6.54 Å². The standard InChI is InChI=1S/C11H13F3N4S/c1-15-9-7-3-4-19-10(7)17-8(16-9)5-18(2)6-11(12,13)14/h3-4H,5-6H2,1-2H3,(H,15,16,17). The summed E-state index contributed by atoms with van der Waals surface area (Å²) in [4.78, 5) is 10.4. The molecule has 0 aliphatic rings. The van der Waals surface area contributed by atoms with Gasteiger partial charge in [0.25, 0.3) is 0 Å². The second-order valence-corrected chi connectivity index (χ2v) is 5.06. The number of aromatic nitrogens is 2. The van der Waals surface area contributed by atoms with Crippen molar-refractivity contribution in [3.05, 3.63) is 17.3 Å². The molecule has 0 bridgehead atoms. The van der Waals surface area contributed by atoms with Crippen LogP contribution in [0.25, 0.3) is 10.2 Å². The van der Waals surface area contributed by atoms with E-state index in [0.29, 0.717) is 11.6 Å². The zero-order valence-electron chi connectivity index (χ0n) is 10.5. The first kappa shape index (κ1) is 14.0. The fraction of sp³-hybridized carbons (Fsp3) is 0.455. The number of fused-ring (bicyclic) bond motifs is 1. The summed E-state index contributed by atoms with van der Waals surface area (Å²) in [6.45, 7) is -0.921. The van der Waals surface area contributed by atoms with Gasteiger partial charge in [0.1, 0.15) is 16.5 Å². The summed E-state index contributed by atoms with van der Waals surface area (Å²) in [5, 5.41) is 5.70. The Labute approximate surface area is 112 Å². The molecule has 0 saturated heterocycles. The van der Waals surface area contributed by atoms with Crippen LogP contribution in [0, 0.1) is 0 Å². The van der Waals surface area contributed by atoms with E-state index in [0.717, 1.165) is 15.1 Å². The molecule has 19 heavy (non-hydrogen) atoms. The Morgan fingerprint density at radius 1 is 1.37 bits per heavy atom. The van der Waals surface area contributed by atoms with Crippen LogP contribution in [0.1, 0.15) is 5.82 Å². The van der Waals surface area contributed by atoms with Crippen molar-refractivity contribution in [2.45, 2.75) is 12.7 Å². The zero-order valence-corrected chi connectivity index (χ0v) is 11.3. The van der Waals surface area contributed by atoms with E-state index < -0.39 is 12.7 Å². The van der Waals surface area contributed by atoms with Crippen LogP contribution in [0.5, 0.6) is 0 Å². The van der Waals surface area contributed by atoms with Crippen molar-refractivity contribution in [3.63, 3.8) is 0 Å². The maximum absolute atomic E-state index is 12.3. The lowest BCUT2D eigenvalue weighted by Gasteiger charge is -2.17. The molecule has 2 heterocycles. The molecule has 0 unspecified atom stereocenters. The highest BCUT2D eigenvalue weighted by Crippen LogP contribution is 2.25. The predicted octanol–water partition coefficient (Wildman–Crippen LogP) is 2.73. The van der Waals surface area contributed by atoms with Gasteiger partial charge in [-0.2, -0.15) is 13.2 Å². The van der Waals surface area contributed by atoms with E-state index in [2.05, 4.69) is 15.3 Å². The smallest absolute Gasteiger partial charge is 0.372 e. The van der Waals surface area contributed by atoms with Crippen molar-refractivity contribution < 1.29 is 13.2 Å². The Morgan fingerprint density at radius 2 is 2.11 bits per heavy atom. The van der Waals surface area contributed by atoms with E-state index in [9.17, 15) is 13.2 Å². The Morgan fingerprint density at radius 3 is 2.74 bits per heavy atom. The summed E-state index contributed by atoms with van der Waals surface area (Å²) in [5.74, 6) is 1.02. The molecule has 1 N–H and O–H groups in total. The Balaban J connectivity index is 2.21. The molecule has 0 spiro atoms. The maximum Gasteiger partial charge on any atom is 0.401 e. The molecule has 2 aromatic rings. The number of nitrogens with one attached hydrogen (secondary N) is 1. The monoisotopic (exact) mass is 290 g/mol. The second-order valence-electron chi connectivity index (χ2n) is 4.17. The third-order valence-corrected chi connectivity index (χ3v) is 3.28. The Hall–Kier alpha value is -1.41. The summed E-state index contributed by atoms with van der Waals surface area (Å²) in [7, 11) is 3.12. The number of alkyl halides is 3. The number of rotatable bonds is 4. The first-order chi connectivity index (χ1) is 8.89. The highest BCUT2D eigenvalue weighted by atomic mass is 32.1. The van der Waals surface area contributed by atoms with Gasteiger partial charge in [-0.25, -0.2) is 9.97 Å². The van der Waals surface area contributed by atoms with E-state index >= 15 is 0 Å². The lowest BCUT2D eigenvalue weighted by atomic mass is 10.3. The molecule has 0 aliphatic heterocycles. The van der Waals surface area contributed by atoms with Crippen LogP contribution in [0.2, 0.25) is 0 Å². The molecule has 0 fully saturated rings. The van der Waals surface area contributed by atoms with Gasteiger partial charge in [0.2, 0.25) is 0 Å². The lowest BCUT2D eigenvalue weighted by molar-refractivity contribution is -0.144. The van der Waals surface area contributed by atoms with Crippen LogP contribution in [0.15, 0.2) is 11.4 Å². The quantitative estimate of drug-likeness (QED) is 0.940. The first-order valence-electron chi connectivity index (χ1n) is 5.56. The van der Waals surface area contributed by atoms with Crippen molar-refractivity contribution >= 4 is 27.4 Å². The topological polar surface area (TPSA) is 41.1 Å². The number of nitrogens with zero attached hydrogens (tertiary/aromatic N) is 3.